The Bertz CT molecular complexity index is 46.1. The van der Waals surface area contributed by atoms with E-state index in [-0.39, 0.29) is 51.4 Å². The molecule has 0 aliphatic rings. The third-order valence-electron chi connectivity index (χ3n) is 0.149. The Hall–Kier alpha value is 1.66. The minimum atomic E-state index is -2.60. The summed E-state index contributed by atoms with van der Waals surface area (Å²) in [5, 5.41) is 0. The van der Waals surface area contributed by atoms with Gasteiger partial charge in [0.15, 0.2) is 0 Å². The van der Waals surface area contributed by atoms with Crippen LogP contribution in [-0.2, 0) is 9.09 Å². The summed E-state index contributed by atoms with van der Waals surface area (Å²) in [6.07, 6.45) is 0. The van der Waals surface area contributed by atoms with Gasteiger partial charge in [0, 0.05) is 0 Å². The molecule has 30 valence electrons. The smallest absolute Gasteiger partial charge is 0.566 e. The zero-order chi connectivity index (χ0) is 4.28. The topological polar surface area (TPSA) is 49.4 Å². The zero-order valence-electron chi connectivity index (χ0n) is 3.67. The quantitative estimate of drug-likeness (QED) is 0.277. The molecule has 0 bridgehead atoms. The second kappa shape index (κ2) is 6.66. The van der Waals surface area contributed by atoms with Gasteiger partial charge >= 0.3 is 59.6 Å². The van der Waals surface area contributed by atoms with Gasteiger partial charge in [0.2, 0.25) is 0 Å². The average molecular weight is 133 g/mol. The van der Waals surface area contributed by atoms with Crippen molar-refractivity contribution in [2.24, 2.45) is 0 Å². The van der Waals surface area contributed by atoms with Crippen LogP contribution in [0.1, 0.15) is 0 Å². The molecule has 0 fully saturated rings. The third-order valence-corrected chi connectivity index (χ3v) is 0.447. The Balaban J connectivity index is 0. The van der Waals surface area contributed by atoms with E-state index < -0.39 is 8.25 Å². The summed E-state index contributed by atoms with van der Waals surface area (Å²) in [5.41, 5.74) is 0. The maximum absolute atomic E-state index is 9.18. The SMILES string of the molecule is CO[P+](=O)[O-].[K+]. The van der Waals surface area contributed by atoms with E-state index in [0.717, 1.165) is 7.11 Å². The summed E-state index contributed by atoms with van der Waals surface area (Å²) >= 11 is 0. The fourth-order valence-electron chi connectivity index (χ4n) is 0. The van der Waals surface area contributed by atoms with Gasteiger partial charge in [0.05, 0.1) is 7.11 Å². The van der Waals surface area contributed by atoms with E-state index in [1.54, 1.807) is 0 Å². The molecule has 0 aliphatic heterocycles. The molecule has 0 spiro atoms. The van der Waals surface area contributed by atoms with Gasteiger partial charge in [-0.1, -0.05) is 0 Å². The van der Waals surface area contributed by atoms with Crippen LogP contribution < -0.4 is 56.3 Å². The molecule has 0 N–H and O–H groups in total. The third kappa shape index (κ3) is 9.17. The molecule has 0 heterocycles. The van der Waals surface area contributed by atoms with Crippen molar-refractivity contribution in [1.82, 2.24) is 0 Å². The largest absolute Gasteiger partial charge is 1.00 e. The van der Waals surface area contributed by atoms with Crippen LogP contribution in [0, 0.1) is 0 Å². The van der Waals surface area contributed by atoms with Crippen molar-refractivity contribution in [3.05, 3.63) is 0 Å². The van der Waals surface area contributed by atoms with Crippen LogP contribution in [0.15, 0.2) is 0 Å². The number of rotatable bonds is 1. The van der Waals surface area contributed by atoms with Crippen LogP contribution in [-0.4, -0.2) is 7.11 Å². The van der Waals surface area contributed by atoms with Gasteiger partial charge in [-0.3, -0.25) is 0 Å². The number of hydrogen-bond acceptors (Lipinski definition) is 3. The van der Waals surface area contributed by atoms with E-state index in [1.807, 2.05) is 0 Å². The molecule has 5 heteroatoms. The van der Waals surface area contributed by atoms with Crippen LogP contribution in [0.5, 0.6) is 0 Å². The first-order chi connectivity index (χ1) is 2.27. The van der Waals surface area contributed by atoms with Crippen LogP contribution in [0.2, 0.25) is 0 Å². The van der Waals surface area contributed by atoms with E-state index in [4.69, 9.17) is 0 Å². The fraction of sp³-hybridized carbons (Fsp3) is 1.00. The molecule has 0 aromatic rings. The molecule has 0 aliphatic carbocycles. The minimum absolute atomic E-state index is 0. The van der Waals surface area contributed by atoms with E-state index in [9.17, 15) is 9.46 Å². The molecule has 0 aromatic carbocycles. The van der Waals surface area contributed by atoms with Crippen molar-refractivity contribution in [3.8, 4) is 0 Å². The molecule has 1 unspecified atom stereocenters. The Morgan fingerprint density at radius 3 is 2.00 bits per heavy atom. The predicted octanol–water partition coefficient (Wildman–Crippen LogP) is -3.35. The molecule has 0 amide bonds. The summed E-state index contributed by atoms with van der Waals surface area (Å²) in [4.78, 5) is 9.18. The summed E-state index contributed by atoms with van der Waals surface area (Å²) < 4.78 is 12.9. The molecule has 3 nitrogen and oxygen atoms in total. The van der Waals surface area contributed by atoms with Crippen LogP contribution >= 0.6 is 8.25 Å². The Labute approximate surface area is 79.4 Å². The van der Waals surface area contributed by atoms with Crippen molar-refractivity contribution < 1.29 is 65.4 Å². The Morgan fingerprint density at radius 2 is 2.00 bits per heavy atom. The molecular weight excluding hydrogens is 130 g/mol. The monoisotopic (exact) mass is 133 g/mol. The van der Waals surface area contributed by atoms with Crippen molar-refractivity contribution in [1.29, 1.82) is 0 Å². The van der Waals surface area contributed by atoms with Crippen LogP contribution in [0.25, 0.3) is 0 Å². The minimum Gasteiger partial charge on any atom is -0.566 e. The summed E-state index contributed by atoms with van der Waals surface area (Å²) in [7, 11) is -1.50. The van der Waals surface area contributed by atoms with E-state index in [0.29, 0.717) is 0 Å². The second-order valence-electron chi connectivity index (χ2n) is 0.406. The van der Waals surface area contributed by atoms with Gasteiger partial charge in [0.25, 0.3) is 0 Å². The van der Waals surface area contributed by atoms with Crippen molar-refractivity contribution in [2.45, 2.75) is 0 Å². The average Bonchev–Trinajstić information content (AvgIpc) is 1.38. The molecule has 0 rings (SSSR count). The Morgan fingerprint density at radius 1 is 1.83 bits per heavy atom. The number of hydrogen-bond donors (Lipinski definition) is 0. The summed E-state index contributed by atoms with van der Waals surface area (Å²) in [5.74, 6) is 0. The predicted molar refractivity (Wildman–Crippen MR) is 14.6 cm³/mol. The first-order valence-electron chi connectivity index (χ1n) is 0.956. The van der Waals surface area contributed by atoms with E-state index in [2.05, 4.69) is 4.52 Å². The van der Waals surface area contributed by atoms with Crippen molar-refractivity contribution in [2.75, 3.05) is 7.11 Å². The summed E-state index contributed by atoms with van der Waals surface area (Å²) in [6.45, 7) is 0. The van der Waals surface area contributed by atoms with E-state index in [1.165, 1.54) is 0 Å². The molecule has 0 aromatic heterocycles. The van der Waals surface area contributed by atoms with Gasteiger partial charge in [-0.05, 0) is 4.57 Å². The van der Waals surface area contributed by atoms with Gasteiger partial charge in [-0.2, -0.15) is 4.52 Å². The van der Waals surface area contributed by atoms with Gasteiger partial charge < -0.3 is 4.89 Å². The normalized spacial score (nSPS) is 9.33. The van der Waals surface area contributed by atoms with E-state index >= 15 is 0 Å². The molecule has 0 saturated heterocycles. The first-order valence-corrected chi connectivity index (χ1v) is 2.05. The fourth-order valence-corrected chi connectivity index (χ4v) is 0. The molecular formula is CH3KO3P+. The van der Waals surface area contributed by atoms with Gasteiger partial charge in [-0.15, -0.1) is 0 Å². The molecule has 0 saturated carbocycles. The maximum Gasteiger partial charge on any atom is 1.00 e. The molecule has 1 atom stereocenters. The zero-order valence-corrected chi connectivity index (χ0v) is 7.69. The summed E-state index contributed by atoms with van der Waals surface area (Å²) in [6, 6.07) is 0. The second-order valence-corrected chi connectivity index (χ2v) is 1.22. The van der Waals surface area contributed by atoms with Crippen molar-refractivity contribution in [3.63, 3.8) is 0 Å². The van der Waals surface area contributed by atoms with Crippen LogP contribution in [0.4, 0.5) is 0 Å². The standard InChI is InChI=1S/CH3O3P.K/c1-4-5(2)3;/h1H3;/q;+1. The maximum atomic E-state index is 9.18. The Kier molecular flexibility index (Phi) is 11.8. The molecule has 0 radical (unpaired) electrons. The van der Waals surface area contributed by atoms with Gasteiger partial charge in [-0.25, -0.2) is 0 Å². The van der Waals surface area contributed by atoms with Gasteiger partial charge in [0.1, 0.15) is 0 Å². The van der Waals surface area contributed by atoms with Crippen LogP contribution in [0.3, 0.4) is 0 Å². The molecule has 6 heavy (non-hydrogen) atoms. The van der Waals surface area contributed by atoms with Crippen molar-refractivity contribution >= 4 is 8.25 Å². The first kappa shape index (κ1) is 10.6.